The Kier molecular flexibility index (Phi) is 6.22. The first-order valence-electron chi connectivity index (χ1n) is 9.84. The largest absolute Gasteiger partial charge is 0.493 e. The minimum Gasteiger partial charge on any atom is -0.493 e. The van der Waals surface area contributed by atoms with Crippen LogP contribution in [-0.4, -0.2) is 31.6 Å². The van der Waals surface area contributed by atoms with Crippen LogP contribution in [0.25, 0.3) is 0 Å². The highest BCUT2D eigenvalue weighted by Crippen LogP contribution is 2.41. The summed E-state index contributed by atoms with van der Waals surface area (Å²) in [6, 6.07) is 10.1. The number of rotatable bonds is 6. The van der Waals surface area contributed by atoms with Crippen molar-refractivity contribution in [3.63, 3.8) is 0 Å². The van der Waals surface area contributed by atoms with Crippen LogP contribution in [0, 0.1) is 11.7 Å². The molecule has 4 nitrogen and oxygen atoms in total. The lowest BCUT2D eigenvalue weighted by atomic mass is 9.86. The Bertz CT molecular complexity index is 830. The van der Waals surface area contributed by atoms with Gasteiger partial charge in [-0.1, -0.05) is 26.0 Å². The number of nitrogens with zero attached hydrogens (tertiary/aromatic N) is 1. The number of ether oxygens (including phenoxy) is 2. The number of halogens is 1. The first kappa shape index (κ1) is 20.2. The number of hydrogen-bond acceptors (Lipinski definition) is 3. The maximum absolute atomic E-state index is 13.5. The van der Waals surface area contributed by atoms with Gasteiger partial charge in [-0.3, -0.25) is 4.79 Å². The Balaban J connectivity index is 2.13. The van der Waals surface area contributed by atoms with Gasteiger partial charge in [0.1, 0.15) is 5.82 Å². The standard InChI is InChI=1S/C23H28FNO3/c1-5-15(6-2)23(26)25-12-11-17-13-20(27-3)21(28-4)14-19(17)22(25)16-7-9-18(24)10-8-16/h7-10,13-15,22H,5-6,11-12H2,1-4H3/t22-/m0/s1. The van der Waals surface area contributed by atoms with Crippen LogP contribution in [0.3, 0.4) is 0 Å². The predicted molar refractivity (Wildman–Crippen MR) is 107 cm³/mol. The van der Waals surface area contributed by atoms with Crippen molar-refractivity contribution in [2.75, 3.05) is 20.8 Å². The highest BCUT2D eigenvalue weighted by atomic mass is 19.1. The molecule has 2 aromatic carbocycles. The number of carbonyl (C=O) groups is 1. The molecule has 3 rings (SSSR count). The fourth-order valence-electron chi connectivity index (χ4n) is 4.06. The Labute approximate surface area is 166 Å². The summed E-state index contributed by atoms with van der Waals surface area (Å²) >= 11 is 0. The van der Waals surface area contributed by atoms with Gasteiger partial charge in [-0.05, 0) is 60.2 Å². The maximum Gasteiger partial charge on any atom is 0.226 e. The van der Waals surface area contributed by atoms with E-state index in [0.717, 1.165) is 36.0 Å². The van der Waals surface area contributed by atoms with E-state index in [0.29, 0.717) is 18.0 Å². The van der Waals surface area contributed by atoms with Crippen molar-refractivity contribution in [3.8, 4) is 11.5 Å². The summed E-state index contributed by atoms with van der Waals surface area (Å²) in [7, 11) is 3.22. The smallest absolute Gasteiger partial charge is 0.226 e. The zero-order valence-electron chi connectivity index (χ0n) is 17.0. The molecule has 28 heavy (non-hydrogen) atoms. The number of methoxy groups -OCH3 is 2. The van der Waals surface area contributed by atoms with Crippen molar-refractivity contribution < 1.29 is 18.7 Å². The first-order valence-corrected chi connectivity index (χ1v) is 9.84. The molecule has 1 aliphatic rings. The van der Waals surface area contributed by atoms with Crippen LogP contribution >= 0.6 is 0 Å². The second kappa shape index (κ2) is 8.63. The molecule has 1 heterocycles. The zero-order chi connectivity index (χ0) is 20.3. The first-order chi connectivity index (χ1) is 13.5. The average Bonchev–Trinajstić information content (AvgIpc) is 2.73. The lowest BCUT2D eigenvalue weighted by Crippen LogP contribution is -2.43. The van der Waals surface area contributed by atoms with Crippen molar-refractivity contribution in [2.45, 2.75) is 39.2 Å². The lowest BCUT2D eigenvalue weighted by Gasteiger charge is -2.39. The number of benzene rings is 2. The second-order valence-corrected chi connectivity index (χ2v) is 7.16. The summed E-state index contributed by atoms with van der Waals surface area (Å²) in [5.74, 6) is 1.17. The van der Waals surface area contributed by atoms with Crippen LogP contribution in [0.5, 0.6) is 11.5 Å². The van der Waals surface area contributed by atoms with Crippen molar-refractivity contribution in [1.29, 1.82) is 0 Å². The topological polar surface area (TPSA) is 38.8 Å². The van der Waals surface area contributed by atoms with Gasteiger partial charge in [0.15, 0.2) is 11.5 Å². The fraction of sp³-hybridized carbons (Fsp3) is 0.435. The molecule has 0 radical (unpaired) electrons. The highest BCUT2D eigenvalue weighted by molar-refractivity contribution is 5.80. The summed E-state index contributed by atoms with van der Waals surface area (Å²) in [5.41, 5.74) is 3.03. The molecule has 0 N–H and O–H groups in total. The Hall–Kier alpha value is -2.56. The molecule has 0 saturated heterocycles. The molecular formula is C23H28FNO3. The Morgan fingerprint density at radius 3 is 2.29 bits per heavy atom. The summed E-state index contributed by atoms with van der Waals surface area (Å²) in [6.07, 6.45) is 2.36. The van der Waals surface area contributed by atoms with Crippen LogP contribution in [0.4, 0.5) is 4.39 Å². The zero-order valence-corrected chi connectivity index (χ0v) is 17.0. The van der Waals surface area contributed by atoms with Gasteiger partial charge in [0.05, 0.1) is 20.3 Å². The molecule has 0 fully saturated rings. The number of hydrogen-bond donors (Lipinski definition) is 0. The SMILES string of the molecule is CCC(CC)C(=O)N1CCc2cc(OC)c(OC)cc2[C@@H]1c1ccc(F)cc1. The third-order valence-electron chi connectivity index (χ3n) is 5.68. The van der Waals surface area contributed by atoms with Crippen LogP contribution in [-0.2, 0) is 11.2 Å². The molecule has 0 unspecified atom stereocenters. The second-order valence-electron chi connectivity index (χ2n) is 7.16. The number of fused-ring (bicyclic) bond motifs is 1. The summed E-state index contributed by atoms with van der Waals surface area (Å²) < 4.78 is 24.5. The quantitative estimate of drug-likeness (QED) is 0.720. The Morgan fingerprint density at radius 2 is 1.71 bits per heavy atom. The van der Waals surface area contributed by atoms with E-state index in [-0.39, 0.29) is 23.7 Å². The fourth-order valence-corrected chi connectivity index (χ4v) is 4.06. The molecule has 1 amide bonds. The van der Waals surface area contributed by atoms with Crippen molar-refractivity contribution in [3.05, 3.63) is 58.9 Å². The van der Waals surface area contributed by atoms with Gasteiger partial charge in [-0.2, -0.15) is 0 Å². The third-order valence-corrected chi connectivity index (χ3v) is 5.68. The summed E-state index contributed by atoms with van der Waals surface area (Å²) in [5, 5.41) is 0. The Morgan fingerprint density at radius 1 is 1.11 bits per heavy atom. The lowest BCUT2D eigenvalue weighted by molar-refractivity contribution is -0.137. The van der Waals surface area contributed by atoms with Gasteiger partial charge >= 0.3 is 0 Å². The van der Waals surface area contributed by atoms with E-state index >= 15 is 0 Å². The van der Waals surface area contributed by atoms with E-state index in [1.807, 2.05) is 30.9 Å². The third kappa shape index (κ3) is 3.71. The maximum atomic E-state index is 13.5. The van der Waals surface area contributed by atoms with E-state index in [1.54, 1.807) is 26.4 Å². The van der Waals surface area contributed by atoms with Crippen LogP contribution < -0.4 is 9.47 Å². The van der Waals surface area contributed by atoms with Gasteiger partial charge < -0.3 is 14.4 Å². The molecule has 150 valence electrons. The van der Waals surface area contributed by atoms with Gasteiger partial charge in [0, 0.05) is 12.5 Å². The molecule has 1 aliphatic heterocycles. The minimum atomic E-state index is -0.287. The van der Waals surface area contributed by atoms with E-state index in [4.69, 9.17) is 9.47 Å². The average molecular weight is 385 g/mol. The van der Waals surface area contributed by atoms with E-state index in [2.05, 4.69) is 0 Å². The molecule has 0 saturated carbocycles. The van der Waals surface area contributed by atoms with Crippen LogP contribution in [0.1, 0.15) is 49.4 Å². The van der Waals surface area contributed by atoms with Gasteiger partial charge in [-0.25, -0.2) is 4.39 Å². The monoisotopic (exact) mass is 385 g/mol. The number of amides is 1. The van der Waals surface area contributed by atoms with E-state index < -0.39 is 0 Å². The van der Waals surface area contributed by atoms with E-state index in [1.165, 1.54) is 12.1 Å². The molecule has 0 aliphatic carbocycles. The van der Waals surface area contributed by atoms with Gasteiger partial charge in [0.25, 0.3) is 0 Å². The predicted octanol–water partition coefficient (Wildman–Crippen LogP) is 4.75. The molecule has 1 atom stereocenters. The molecule has 0 bridgehead atoms. The normalized spacial score (nSPS) is 16.1. The molecule has 2 aromatic rings. The van der Waals surface area contributed by atoms with E-state index in [9.17, 15) is 9.18 Å². The highest BCUT2D eigenvalue weighted by Gasteiger charge is 2.35. The molecule has 5 heteroatoms. The van der Waals surface area contributed by atoms with Crippen LogP contribution in [0.2, 0.25) is 0 Å². The van der Waals surface area contributed by atoms with Crippen molar-refractivity contribution >= 4 is 5.91 Å². The van der Waals surface area contributed by atoms with Gasteiger partial charge in [0.2, 0.25) is 5.91 Å². The van der Waals surface area contributed by atoms with Crippen LogP contribution in [0.15, 0.2) is 36.4 Å². The molecule has 0 aromatic heterocycles. The summed E-state index contributed by atoms with van der Waals surface area (Å²) in [4.78, 5) is 15.2. The van der Waals surface area contributed by atoms with Crippen molar-refractivity contribution in [2.24, 2.45) is 5.92 Å². The molecular weight excluding hydrogens is 357 g/mol. The number of carbonyl (C=O) groups excluding carboxylic acids is 1. The minimum absolute atomic E-state index is 0.00959. The van der Waals surface area contributed by atoms with Crippen molar-refractivity contribution in [1.82, 2.24) is 4.90 Å². The molecule has 0 spiro atoms. The van der Waals surface area contributed by atoms with Gasteiger partial charge in [-0.15, -0.1) is 0 Å². The summed E-state index contributed by atoms with van der Waals surface area (Å²) in [6.45, 7) is 4.72.